The SMILES string of the molecule is COc1ccc(NC(=O)CCC(=O)N2CCN(c3nsc4ccccc34)CC2)cc1Cl. The fourth-order valence-electron chi connectivity index (χ4n) is 3.61. The molecule has 0 spiro atoms. The van der Waals surface area contributed by atoms with Gasteiger partial charge in [0.2, 0.25) is 11.8 Å². The van der Waals surface area contributed by atoms with Crippen LogP contribution in [0, 0.1) is 0 Å². The molecule has 7 nitrogen and oxygen atoms in total. The molecule has 1 saturated heterocycles. The molecule has 0 atom stereocenters. The minimum atomic E-state index is -0.220. The van der Waals surface area contributed by atoms with E-state index in [1.54, 1.807) is 18.2 Å². The molecule has 0 radical (unpaired) electrons. The Morgan fingerprint density at radius 1 is 1.13 bits per heavy atom. The van der Waals surface area contributed by atoms with Gasteiger partial charge in [-0.2, -0.15) is 4.37 Å². The Morgan fingerprint density at radius 3 is 2.65 bits per heavy atom. The van der Waals surface area contributed by atoms with E-state index < -0.39 is 0 Å². The van der Waals surface area contributed by atoms with Gasteiger partial charge in [-0.3, -0.25) is 9.59 Å². The van der Waals surface area contributed by atoms with E-state index in [0.717, 1.165) is 24.3 Å². The lowest BCUT2D eigenvalue weighted by Crippen LogP contribution is -2.49. The van der Waals surface area contributed by atoms with Gasteiger partial charge >= 0.3 is 0 Å². The molecule has 2 amide bonds. The molecule has 1 aromatic heterocycles. The second kappa shape index (κ2) is 9.53. The van der Waals surface area contributed by atoms with Crippen molar-refractivity contribution in [2.75, 3.05) is 43.5 Å². The molecule has 2 aromatic carbocycles. The summed E-state index contributed by atoms with van der Waals surface area (Å²) < 4.78 is 10.9. The number of benzene rings is 2. The van der Waals surface area contributed by atoms with Crippen LogP contribution in [0.3, 0.4) is 0 Å². The van der Waals surface area contributed by atoms with Crippen molar-refractivity contribution in [2.45, 2.75) is 12.8 Å². The van der Waals surface area contributed by atoms with E-state index in [0.29, 0.717) is 29.5 Å². The quantitative estimate of drug-likeness (QED) is 0.603. The number of nitrogens with one attached hydrogen (secondary N) is 1. The highest BCUT2D eigenvalue weighted by Crippen LogP contribution is 2.30. The average molecular weight is 459 g/mol. The monoisotopic (exact) mass is 458 g/mol. The lowest BCUT2D eigenvalue weighted by Gasteiger charge is -2.35. The van der Waals surface area contributed by atoms with Crippen LogP contribution in [0.5, 0.6) is 5.75 Å². The molecule has 2 heterocycles. The molecule has 0 aliphatic carbocycles. The van der Waals surface area contributed by atoms with Crippen molar-refractivity contribution < 1.29 is 14.3 Å². The van der Waals surface area contributed by atoms with Crippen molar-refractivity contribution in [1.82, 2.24) is 9.27 Å². The summed E-state index contributed by atoms with van der Waals surface area (Å²) in [5.74, 6) is 1.30. The molecule has 0 unspecified atom stereocenters. The summed E-state index contributed by atoms with van der Waals surface area (Å²) >= 11 is 7.58. The van der Waals surface area contributed by atoms with Crippen molar-refractivity contribution in [1.29, 1.82) is 0 Å². The van der Waals surface area contributed by atoms with Crippen LogP contribution in [0.4, 0.5) is 11.5 Å². The van der Waals surface area contributed by atoms with Crippen LogP contribution in [0.15, 0.2) is 42.5 Å². The second-order valence-electron chi connectivity index (χ2n) is 7.27. The summed E-state index contributed by atoms with van der Waals surface area (Å²) in [5, 5.41) is 4.34. The van der Waals surface area contributed by atoms with E-state index in [4.69, 9.17) is 16.3 Å². The Hall–Kier alpha value is -2.84. The molecule has 1 aliphatic heterocycles. The van der Waals surface area contributed by atoms with Crippen LogP contribution in [0.25, 0.3) is 10.1 Å². The highest BCUT2D eigenvalue weighted by molar-refractivity contribution is 7.13. The topological polar surface area (TPSA) is 74.8 Å². The third-order valence-corrected chi connectivity index (χ3v) is 6.40. The number of piperazine rings is 1. The number of halogens is 1. The summed E-state index contributed by atoms with van der Waals surface area (Å²) in [7, 11) is 1.53. The van der Waals surface area contributed by atoms with Crippen molar-refractivity contribution >= 4 is 56.5 Å². The van der Waals surface area contributed by atoms with Gasteiger partial charge in [0.15, 0.2) is 0 Å². The number of carbonyl (C=O) groups excluding carboxylic acids is 2. The van der Waals surface area contributed by atoms with Gasteiger partial charge in [0.05, 0.1) is 16.8 Å². The summed E-state index contributed by atoms with van der Waals surface area (Å²) in [5.41, 5.74) is 0.576. The van der Waals surface area contributed by atoms with E-state index in [-0.39, 0.29) is 24.7 Å². The minimum absolute atomic E-state index is 0.00861. The lowest BCUT2D eigenvalue weighted by atomic mass is 10.2. The van der Waals surface area contributed by atoms with Crippen LogP contribution in [0.1, 0.15) is 12.8 Å². The van der Waals surface area contributed by atoms with Crippen molar-refractivity contribution in [3.8, 4) is 5.75 Å². The molecule has 1 N–H and O–H groups in total. The molecular weight excluding hydrogens is 436 g/mol. The highest BCUT2D eigenvalue weighted by Gasteiger charge is 2.24. The number of fused-ring (bicyclic) bond motifs is 1. The van der Waals surface area contributed by atoms with Crippen molar-refractivity contribution in [2.24, 2.45) is 0 Å². The number of nitrogens with zero attached hydrogens (tertiary/aromatic N) is 3. The van der Waals surface area contributed by atoms with Gasteiger partial charge < -0.3 is 19.9 Å². The van der Waals surface area contributed by atoms with Gasteiger partial charge in [-0.05, 0) is 41.9 Å². The van der Waals surface area contributed by atoms with Gasteiger partial charge in [0, 0.05) is 50.1 Å². The third-order valence-electron chi connectivity index (χ3n) is 5.29. The van der Waals surface area contributed by atoms with Gasteiger partial charge in [-0.25, -0.2) is 0 Å². The standard InChI is InChI=1S/C22H23ClN4O3S/c1-30-18-7-6-15(14-17(18)23)24-20(28)8-9-21(29)26-10-12-27(13-11-26)22-16-4-2-3-5-19(16)31-25-22/h2-7,14H,8-13H2,1H3,(H,24,28). The first-order valence-electron chi connectivity index (χ1n) is 10.1. The molecule has 162 valence electrons. The predicted octanol–water partition coefficient (Wildman–Crippen LogP) is 4.03. The van der Waals surface area contributed by atoms with E-state index in [1.807, 2.05) is 17.0 Å². The first kappa shape index (κ1) is 21.4. The molecule has 9 heteroatoms. The molecule has 31 heavy (non-hydrogen) atoms. The summed E-state index contributed by atoms with van der Waals surface area (Å²) in [6.45, 7) is 2.72. The number of methoxy groups -OCH3 is 1. The number of anilines is 2. The van der Waals surface area contributed by atoms with Crippen molar-refractivity contribution in [3.05, 3.63) is 47.5 Å². The molecule has 0 saturated carbocycles. The maximum Gasteiger partial charge on any atom is 0.224 e. The maximum atomic E-state index is 12.6. The van der Waals surface area contributed by atoms with E-state index in [1.165, 1.54) is 23.3 Å². The number of aromatic nitrogens is 1. The molecule has 4 rings (SSSR count). The lowest BCUT2D eigenvalue weighted by molar-refractivity contribution is -0.133. The maximum absolute atomic E-state index is 12.6. The number of rotatable bonds is 6. The molecule has 3 aromatic rings. The molecular formula is C22H23ClN4O3S. The Bertz CT molecular complexity index is 1100. The fraction of sp³-hybridized carbons (Fsp3) is 0.318. The largest absolute Gasteiger partial charge is 0.495 e. The summed E-state index contributed by atoms with van der Waals surface area (Å²) in [6, 6.07) is 13.2. The van der Waals surface area contributed by atoms with Crippen LogP contribution in [-0.2, 0) is 9.59 Å². The van der Waals surface area contributed by atoms with Gasteiger partial charge in [-0.1, -0.05) is 23.7 Å². The first-order chi connectivity index (χ1) is 15.0. The number of hydrogen-bond acceptors (Lipinski definition) is 6. The van der Waals surface area contributed by atoms with Gasteiger partial charge in [0.1, 0.15) is 11.6 Å². The Morgan fingerprint density at radius 2 is 1.90 bits per heavy atom. The average Bonchev–Trinajstić information content (AvgIpc) is 3.22. The van der Waals surface area contributed by atoms with E-state index in [2.05, 4.69) is 26.7 Å². The summed E-state index contributed by atoms with van der Waals surface area (Å²) in [6.07, 6.45) is 0.300. The highest BCUT2D eigenvalue weighted by atomic mass is 35.5. The zero-order valence-electron chi connectivity index (χ0n) is 17.1. The van der Waals surface area contributed by atoms with Crippen LogP contribution in [0.2, 0.25) is 5.02 Å². The first-order valence-corrected chi connectivity index (χ1v) is 11.2. The normalized spacial score (nSPS) is 14.0. The zero-order valence-corrected chi connectivity index (χ0v) is 18.7. The van der Waals surface area contributed by atoms with E-state index >= 15 is 0 Å². The minimum Gasteiger partial charge on any atom is -0.495 e. The second-order valence-corrected chi connectivity index (χ2v) is 8.48. The van der Waals surface area contributed by atoms with E-state index in [9.17, 15) is 9.59 Å². The number of hydrogen-bond donors (Lipinski definition) is 1. The third kappa shape index (κ3) is 4.91. The van der Waals surface area contributed by atoms with Crippen LogP contribution >= 0.6 is 23.1 Å². The van der Waals surface area contributed by atoms with Crippen molar-refractivity contribution in [3.63, 3.8) is 0 Å². The number of carbonyl (C=O) groups is 2. The zero-order chi connectivity index (χ0) is 21.8. The van der Waals surface area contributed by atoms with Gasteiger partial charge in [-0.15, -0.1) is 0 Å². The van der Waals surface area contributed by atoms with Gasteiger partial charge in [0.25, 0.3) is 0 Å². The number of amides is 2. The fourth-order valence-corrected chi connectivity index (χ4v) is 4.67. The van der Waals surface area contributed by atoms with Crippen LogP contribution in [-0.4, -0.2) is 54.4 Å². The number of ether oxygens (including phenoxy) is 1. The predicted molar refractivity (Wildman–Crippen MR) is 124 cm³/mol. The molecule has 1 fully saturated rings. The Kier molecular flexibility index (Phi) is 6.58. The Labute approximate surface area is 189 Å². The summed E-state index contributed by atoms with van der Waals surface area (Å²) in [4.78, 5) is 28.8. The molecule has 1 aliphatic rings. The molecule has 0 bridgehead atoms. The van der Waals surface area contributed by atoms with Crippen LogP contribution < -0.4 is 15.0 Å². The Balaban J connectivity index is 1.25. The smallest absolute Gasteiger partial charge is 0.224 e.